The molecule has 7 nitrogen and oxygen atoms in total. The first kappa shape index (κ1) is 16.7. The van der Waals surface area contributed by atoms with E-state index in [9.17, 15) is 14.7 Å². The maximum absolute atomic E-state index is 12.7. The molecule has 0 saturated carbocycles. The van der Waals surface area contributed by atoms with Gasteiger partial charge < -0.3 is 25.4 Å². The predicted molar refractivity (Wildman–Crippen MR) is 97.4 cm³/mol. The second-order valence-electron chi connectivity index (χ2n) is 6.19. The van der Waals surface area contributed by atoms with Crippen LogP contribution in [0.1, 0.15) is 39.5 Å². The molecule has 3 heterocycles. The summed E-state index contributed by atoms with van der Waals surface area (Å²) in [6, 6.07) is 6.92. The maximum atomic E-state index is 12.7. The van der Waals surface area contributed by atoms with Crippen molar-refractivity contribution in [2.45, 2.75) is 26.1 Å². The molecule has 1 atom stereocenters. The van der Waals surface area contributed by atoms with Crippen LogP contribution >= 0.6 is 11.3 Å². The SMILES string of the molecule is CCOC(=O)N1CCc2c(sc3c2C(=O)N[C@H](c2ccccc2O)N3)C1. The minimum atomic E-state index is -0.488. The molecule has 0 bridgehead atoms. The Bertz CT molecular complexity index is 879. The molecular weight excluding hydrogens is 354 g/mol. The number of rotatable bonds is 2. The summed E-state index contributed by atoms with van der Waals surface area (Å²) in [6.45, 7) is 3.10. The van der Waals surface area contributed by atoms with Gasteiger partial charge >= 0.3 is 6.09 Å². The Morgan fingerprint density at radius 1 is 1.38 bits per heavy atom. The van der Waals surface area contributed by atoms with Crippen LogP contribution in [0.5, 0.6) is 5.75 Å². The third-order valence-electron chi connectivity index (χ3n) is 4.61. The van der Waals surface area contributed by atoms with Gasteiger partial charge in [-0.15, -0.1) is 11.3 Å². The number of nitrogens with one attached hydrogen (secondary N) is 2. The Labute approximate surface area is 154 Å². The second kappa shape index (κ2) is 6.53. The molecule has 4 rings (SSSR count). The van der Waals surface area contributed by atoms with Crippen LogP contribution in [0.3, 0.4) is 0 Å². The Morgan fingerprint density at radius 2 is 2.19 bits per heavy atom. The first-order valence-electron chi connectivity index (χ1n) is 8.50. The fourth-order valence-corrected chi connectivity index (χ4v) is 4.66. The van der Waals surface area contributed by atoms with Crippen LogP contribution < -0.4 is 10.6 Å². The van der Waals surface area contributed by atoms with E-state index >= 15 is 0 Å². The van der Waals surface area contributed by atoms with E-state index < -0.39 is 6.17 Å². The van der Waals surface area contributed by atoms with E-state index in [0.29, 0.717) is 37.2 Å². The summed E-state index contributed by atoms with van der Waals surface area (Å²) in [5.41, 5.74) is 2.26. The molecule has 2 aliphatic rings. The highest BCUT2D eigenvalue weighted by Gasteiger charge is 2.35. The summed E-state index contributed by atoms with van der Waals surface area (Å²) < 4.78 is 5.08. The van der Waals surface area contributed by atoms with Gasteiger partial charge in [0, 0.05) is 17.0 Å². The summed E-state index contributed by atoms with van der Waals surface area (Å²) in [5, 5.41) is 17.0. The molecule has 3 N–H and O–H groups in total. The number of hydrogen-bond donors (Lipinski definition) is 3. The first-order chi connectivity index (χ1) is 12.6. The van der Waals surface area contributed by atoms with Crippen LogP contribution in [0.2, 0.25) is 0 Å². The quantitative estimate of drug-likeness (QED) is 0.753. The zero-order chi connectivity index (χ0) is 18.3. The molecule has 8 heteroatoms. The van der Waals surface area contributed by atoms with Crippen molar-refractivity contribution >= 4 is 28.3 Å². The van der Waals surface area contributed by atoms with Crippen molar-refractivity contribution < 1.29 is 19.4 Å². The fraction of sp³-hybridized carbons (Fsp3) is 0.333. The number of phenols is 1. The topological polar surface area (TPSA) is 90.9 Å². The van der Waals surface area contributed by atoms with Gasteiger partial charge in [0.2, 0.25) is 0 Å². The highest BCUT2D eigenvalue weighted by atomic mass is 32.1. The number of thiophene rings is 1. The van der Waals surface area contributed by atoms with Crippen molar-refractivity contribution in [3.63, 3.8) is 0 Å². The number of benzene rings is 1. The number of nitrogens with zero attached hydrogens (tertiary/aromatic N) is 1. The number of amides is 2. The van der Waals surface area contributed by atoms with Crippen molar-refractivity contribution in [2.75, 3.05) is 18.5 Å². The lowest BCUT2D eigenvalue weighted by Crippen LogP contribution is -2.39. The van der Waals surface area contributed by atoms with Crippen molar-refractivity contribution in [1.29, 1.82) is 0 Å². The maximum Gasteiger partial charge on any atom is 0.410 e. The number of ether oxygens (including phenoxy) is 1. The predicted octanol–water partition coefficient (Wildman–Crippen LogP) is 2.82. The Morgan fingerprint density at radius 3 is 2.96 bits per heavy atom. The average molecular weight is 373 g/mol. The Hall–Kier alpha value is -2.74. The number of carbonyl (C=O) groups excluding carboxylic acids is 2. The summed E-state index contributed by atoms with van der Waals surface area (Å²) >= 11 is 1.48. The van der Waals surface area contributed by atoms with Gasteiger partial charge in [-0.25, -0.2) is 4.79 Å². The van der Waals surface area contributed by atoms with Crippen molar-refractivity contribution in [1.82, 2.24) is 10.2 Å². The van der Waals surface area contributed by atoms with E-state index in [2.05, 4.69) is 10.6 Å². The van der Waals surface area contributed by atoms with E-state index in [1.807, 2.05) is 6.07 Å². The van der Waals surface area contributed by atoms with Gasteiger partial charge in [0.15, 0.2) is 0 Å². The molecule has 0 radical (unpaired) electrons. The van der Waals surface area contributed by atoms with Gasteiger partial charge in [-0.2, -0.15) is 0 Å². The van der Waals surface area contributed by atoms with E-state index in [1.54, 1.807) is 30.0 Å². The van der Waals surface area contributed by atoms with Crippen LogP contribution in [0.4, 0.5) is 9.80 Å². The lowest BCUT2D eigenvalue weighted by atomic mass is 10.0. The number of phenolic OH excluding ortho intramolecular Hbond substituents is 1. The average Bonchev–Trinajstić information content (AvgIpc) is 3.00. The summed E-state index contributed by atoms with van der Waals surface area (Å²) in [7, 11) is 0. The highest BCUT2D eigenvalue weighted by Crippen LogP contribution is 2.41. The minimum absolute atomic E-state index is 0.128. The molecule has 0 spiro atoms. The van der Waals surface area contributed by atoms with Crippen molar-refractivity contribution in [3.8, 4) is 5.75 Å². The van der Waals surface area contributed by atoms with Gasteiger partial charge in [0.1, 0.15) is 16.9 Å². The molecule has 0 unspecified atom stereocenters. The molecule has 1 aromatic carbocycles. The van der Waals surface area contributed by atoms with Crippen LogP contribution in [-0.4, -0.2) is 35.2 Å². The fourth-order valence-electron chi connectivity index (χ4n) is 3.37. The number of fused-ring (bicyclic) bond motifs is 3. The molecule has 2 amide bonds. The zero-order valence-electron chi connectivity index (χ0n) is 14.2. The molecule has 0 saturated heterocycles. The van der Waals surface area contributed by atoms with E-state index in [1.165, 1.54) is 11.3 Å². The molecule has 2 aliphatic heterocycles. The van der Waals surface area contributed by atoms with Crippen LogP contribution in [0.15, 0.2) is 24.3 Å². The van der Waals surface area contributed by atoms with Crippen LogP contribution in [0, 0.1) is 0 Å². The first-order valence-corrected chi connectivity index (χ1v) is 9.31. The Kier molecular flexibility index (Phi) is 4.20. The largest absolute Gasteiger partial charge is 0.508 e. The smallest absolute Gasteiger partial charge is 0.410 e. The van der Waals surface area contributed by atoms with E-state index in [0.717, 1.165) is 15.4 Å². The number of anilines is 1. The van der Waals surface area contributed by atoms with Crippen LogP contribution in [0.25, 0.3) is 0 Å². The lowest BCUT2D eigenvalue weighted by molar-refractivity contribution is 0.0934. The summed E-state index contributed by atoms with van der Waals surface area (Å²) in [5.74, 6) is -0.0300. The standard InChI is InChI=1S/C18H19N3O4S/c1-2-25-18(24)21-8-7-11-13(9-21)26-17-14(11)16(23)19-15(20-17)10-5-3-4-6-12(10)22/h3-6,15,20,22H,2,7-9H2,1H3,(H,19,23)/t15-/m0/s1. The van der Waals surface area contributed by atoms with E-state index in [4.69, 9.17) is 4.74 Å². The summed E-state index contributed by atoms with van der Waals surface area (Å²) in [4.78, 5) is 27.3. The number of para-hydroxylation sites is 1. The zero-order valence-corrected chi connectivity index (χ0v) is 15.1. The Balaban J connectivity index is 1.62. The molecule has 1 aromatic heterocycles. The molecule has 0 fully saturated rings. The minimum Gasteiger partial charge on any atom is -0.508 e. The van der Waals surface area contributed by atoms with Crippen molar-refractivity contribution in [2.24, 2.45) is 0 Å². The monoisotopic (exact) mass is 373 g/mol. The summed E-state index contributed by atoms with van der Waals surface area (Å²) in [6.07, 6.45) is -0.192. The second-order valence-corrected chi connectivity index (χ2v) is 7.29. The third-order valence-corrected chi connectivity index (χ3v) is 5.76. The molecule has 26 heavy (non-hydrogen) atoms. The van der Waals surface area contributed by atoms with Gasteiger partial charge in [-0.1, -0.05) is 18.2 Å². The highest BCUT2D eigenvalue weighted by molar-refractivity contribution is 7.16. The number of carbonyl (C=O) groups is 2. The molecular formula is C18H19N3O4S. The molecule has 2 aromatic rings. The van der Waals surface area contributed by atoms with Gasteiger partial charge in [-0.05, 0) is 25.0 Å². The van der Waals surface area contributed by atoms with Gasteiger partial charge in [0.25, 0.3) is 5.91 Å². The molecule has 0 aliphatic carbocycles. The normalized spacial score (nSPS) is 18.4. The van der Waals surface area contributed by atoms with Crippen molar-refractivity contribution in [3.05, 3.63) is 45.8 Å². The van der Waals surface area contributed by atoms with Gasteiger partial charge in [0.05, 0.1) is 18.7 Å². The lowest BCUT2D eigenvalue weighted by Gasteiger charge is -2.28. The van der Waals surface area contributed by atoms with Crippen LogP contribution in [-0.2, 0) is 17.7 Å². The number of hydrogen-bond acceptors (Lipinski definition) is 6. The third kappa shape index (κ3) is 2.76. The number of aromatic hydroxyl groups is 1. The molecule has 136 valence electrons. The van der Waals surface area contributed by atoms with Gasteiger partial charge in [-0.3, -0.25) is 4.79 Å². The van der Waals surface area contributed by atoms with E-state index in [-0.39, 0.29) is 17.7 Å².